The quantitative estimate of drug-likeness (QED) is 0.0741. The van der Waals surface area contributed by atoms with E-state index in [9.17, 15) is 9.59 Å². The fourth-order valence-corrected chi connectivity index (χ4v) is 4.27. The van der Waals surface area contributed by atoms with Gasteiger partial charge in [-0.1, -0.05) is 102 Å². The average Bonchev–Trinajstić information content (AvgIpc) is 2.83. The molecular weight excluding hydrogens is 436 g/mol. The molecule has 1 atom stereocenters. The summed E-state index contributed by atoms with van der Waals surface area (Å²) in [6, 6.07) is 0. The van der Waals surface area contributed by atoms with Gasteiger partial charge in [0.25, 0.3) is 0 Å². The van der Waals surface area contributed by atoms with Gasteiger partial charge in [0.1, 0.15) is 6.10 Å². The first-order valence-corrected chi connectivity index (χ1v) is 14.8. The van der Waals surface area contributed by atoms with E-state index in [0.717, 1.165) is 51.4 Å². The Morgan fingerprint density at radius 3 is 1.77 bits per heavy atom. The molecule has 1 N–H and O–H groups in total. The number of allylic oxidation sites excluding steroid dienone is 4. The highest BCUT2D eigenvalue weighted by molar-refractivity contribution is 5.69. The van der Waals surface area contributed by atoms with Crippen molar-refractivity contribution < 1.29 is 19.4 Å². The minimum atomic E-state index is -0.735. The minimum absolute atomic E-state index is 0.00190. The Morgan fingerprint density at radius 1 is 0.629 bits per heavy atom. The molecule has 4 nitrogen and oxygen atoms in total. The van der Waals surface area contributed by atoms with Crippen molar-refractivity contribution in [1.29, 1.82) is 0 Å². The van der Waals surface area contributed by atoms with Gasteiger partial charge in [-0.05, 0) is 64.2 Å². The van der Waals surface area contributed by atoms with Crippen LogP contribution in [-0.2, 0) is 14.3 Å². The molecule has 0 aromatic heterocycles. The van der Waals surface area contributed by atoms with Gasteiger partial charge in [0.05, 0.1) is 0 Å². The minimum Gasteiger partial charge on any atom is -0.481 e. The molecule has 0 bridgehead atoms. The number of aliphatic carboxylic acids is 1. The molecule has 0 aromatic carbocycles. The topological polar surface area (TPSA) is 63.6 Å². The van der Waals surface area contributed by atoms with E-state index in [1.165, 1.54) is 70.6 Å². The first-order valence-electron chi connectivity index (χ1n) is 14.8. The highest BCUT2D eigenvalue weighted by Crippen LogP contribution is 2.16. The number of carboxylic acids is 1. The lowest BCUT2D eigenvalue weighted by atomic mass is 10.1. The number of carbonyl (C=O) groups is 2. The molecule has 0 aliphatic carbocycles. The van der Waals surface area contributed by atoms with Crippen LogP contribution in [0.1, 0.15) is 155 Å². The molecule has 0 saturated heterocycles. The Balaban J connectivity index is 3.55. The maximum atomic E-state index is 12.2. The zero-order valence-electron chi connectivity index (χ0n) is 23.1. The van der Waals surface area contributed by atoms with Gasteiger partial charge in [0.2, 0.25) is 0 Å². The third-order valence-electron chi connectivity index (χ3n) is 6.41. The lowest BCUT2D eigenvalue weighted by molar-refractivity contribution is -0.150. The van der Waals surface area contributed by atoms with Gasteiger partial charge < -0.3 is 9.84 Å². The Kier molecular flexibility index (Phi) is 25.8. The van der Waals surface area contributed by atoms with Crippen molar-refractivity contribution in [2.24, 2.45) is 0 Å². The Morgan fingerprint density at radius 2 is 1.17 bits per heavy atom. The molecule has 0 heterocycles. The number of hydrogen-bond donors (Lipinski definition) is 1. The number of carboxylic acid groups (broad SMARTS) is 1. The third-order valence-corrected chi connectivity index (χ3v) is 6.41. The number of esters is 1. The van der Waals surface area contributed by atoms with E-state index >= 15 is 0 Å². The molecule has 0 rings (SSSR count). The van der Waals surface area contributed by atoms with Gasteiger partial charge in [-0.2, -0.15) is 0 Å². The van der Waals surface area contributed by atoms with Crippen LogP contribution in [0, 0.1) is 0 Å². The number of carbonyl (C=O) groups excluding carboxylic acids is 1. The van der Waals surface area contributed by atoms with Crippen LogP contribution < -0.4 is 0 Å². The van der Waals surface area contributed by atoms with Crippen molar-refractivity contribution in [3.8, 4) is 0 Å². The predicted molar refractivity (Wildman–Crippen MR) is 149 cm³/mol. The normalized spacial score (nSPS) is 12.5. The molecule has 0 aromatic rings. The van der Waals surface area contributed by atoms with Crippen molar-refractivity contribution in [2.45, 2.75) is 161 Å². The molecule has 35 heavy (non-hydrogen) atoms. The number of hydrogen-bond acceptors (Lipinski definition) is 3. The van der Waals surface area contributed by atoms with E-state index in [-0.39, 0.29) is 18.5 Å². The van der Waals surface area contributed by atoms with Gasteiger partial charge in [-0.15, -0.1) is 0 Å². The largest absolute Gasteiger partial charge is 0.481 e. The summed E-state index contributed by atoms with van der Waals surface area (Å²) >= 11 is 0. The van der Waals surface area contributed by atoms with Gasteiger partial charge in [-0.3, -0.25) is 9.59 Å². The fraction of sp³-hybridized carbons (Fsp3) is 0.806. The maximum absolute atomic E-state index is 12.2. The van der Waals surface area contributed by atoms with E-state index in [1.807, 2.05) is 0 Å². The zero-order chi connectivity index (χ0) is 25.8. The maximum Gasteiger partial charge on any atom is 0.306 e. The molecule has 0 spiro atoms. The van der Waals surface area contributed by atoms with Crippen LogP contribution >= 0.6 is 0 Å². The van der Waals surface area contributed by atoms with Crippen molar-refractivity contribution in [3.05, 3.63) is 24.3 Å². The zero-order valence-corrected chi connectivity index (χ0v) is 23.1. The summed E-state index contributed by atoms with van der Waals surface area (Å²) in [7, 11) is 0. The van der Waals surface area contributed by atoms with Crippen LogP contribution in [0.5, 0.6) is 0 Å². The first kappa shape index (κ1) is 33.4. The van der Waals surface area contributed by atoms with Crippen molar-refractivity contribution in [3.63, 3.8) is 0 Å². The second-order valence-corrected chi connectivity index (χ2v) is 9.94. The summed E-state index contributed by atoms with van der Waals surface area (Å²) in [5.74, 6) is -0.798. The lowest BCUT2D eigenvalue weighted by Gasteiger charge is -2.17. The monoisotopic (exact) mass is 492 g/mol. The van der Waals surface area contributed by atoms with Gasteiger partial charge in [0, 0.05) is 12.8 Å². The van der Waals surface area contributed by atoms with E-state index in [4.69, 9.17) is 9.84 Å². The van der Waals surface area contributed by atoms with E-state index in [1.54, 1.807) is 0 Å². The summed E-state index contributed by atoms with van der Waals surface area (Å²) < 4.78 is 5.69. The van der Waals surface area contributed by atoms with E-state index in [0.29, 0.717) is 12.8 Å². The van der Waals surface area contributed by atoms with Crippen LogP contribution in [0.15, 0.2) is 24.3 Å². The van der Waals surface area contributed by atoms with Gasteiger partial charge >= 0.3 is 11.9 Å². The predicted octanol–water partition coefficient (Wildman–Crippen LogP) is 9.72. The van der Waals surface area contributed by atoms with Crippen LogP contribution in [0.3, 0.4) is 0 Å². The average molecular weight is 493 g/mol. The van der Waals surface area contributed by atoms with E-state index in [2.05, 4.69) is 38.2 Å². The number of rotatable bonds is 26. The van der Waals surface area contributed by atoms with Gasteiger partial charge in [0.15, 0.2) is 0 Å². The molecule has 0 fully saturated rings. The van der Waals surface area contributed by atoms with Gasteiger partial charge in [-0.25, -0.2) is 0 Å². The Bertz CT molecular complexity index is 538. The number of unbranched alkanes of at least 4 members (excludes halogenated alkanes) is 13. The summed E-state index contributed by atoms with van der Waals surface area (Å²) in [6.45, 7) is 4.36. The third kappa shape index (κ3) is 26.9. The molecule has 0 saturated carbocycles. The molecule has 4 heteroatoms. The molecular formula is C31H56O4. The Hall–Kier alpha value is -1.58. The smallest absolute Gasteiger partial charge is 0.306 e. The molecule has 0 radical (unpaired) electrons. The lowest BCUT2D eigenvalue weighted by Crippen LogP contribution is -2.18. The molecule has 1 unspecified atom stereocenters. The number of ether oxygens (including phenoxy) is 1. The first-order chi connectivity index (χ1) is 17.1. The van der Waals surface area contributed by atoms with Crippen LogP contribution in [0.25, 0.3) is 0 Å². The highest BCUT2D eigenvalue weighted by Gasteiger charge is 2.13. The van der Waals surface area contributed by atoms with Crippen molar-refractivity contribution >= 4 is 11.9 Å². The summed E-state index contributed by atoms with van der Waals surface area (Å²) in [6.07, 6.45) is 32.5. The summed E-state index contributed by atoms with van der Waals surface area (Å²) in [4.78, 5) is 22.7. The van der Waals surface area contributed by atoms with Crippen LogP contribution in [0.4, 0.5) is 0 Å². The fourth-order valence-electron chi connectivity index (χ4n) is 4.27. The molecule has 0 amide bonds. The second-order valence-electron chi connectivity index (χ2n) is 9.94. The Labute approximate surface area is 217 Å². The van der Waals surface area contributed by atoms with Crippen molar-refractivity contribution in [2.75, 3.05) is 0 Å². The molecule has 0 aliphatic rings. The molecule has 204 valence electrons. The van der Waals surface area contributed by atoms with E-state index < -0.39 is 5.97 Å². The van der Waals surface area contributed by atoms with Crippen LogP contribution in [0.2, 0.25) is 0 Å². The second kappa shape index (κ2) is 27.0. The highest BCUT2D eigenvalue weighted by atomic mass is 16.5. The summed E-state index contributed by atoms with van der Waals surface area (Å²) in [5, 5.41) is 8.70. The standard InChI is InChI=1S/C31H56O4/c1-3-5-6-7-8-9-10-11-12-13-14-15-16-17-18-19-20-24-28-31(34)35-29(25-4-2)26-22-21-23-27-30(32)33/h9-10,12-13,29H,3-8,11,14-28H2,1-2H3,(H,32,33)/b10-9-,13-12-. The van der Waals surface area contributed by atoms with Crippen molar-refractivity contribution in [1.82, 2.24) is 0 Å². The summed E-state index contributed by atoms with van der Waals surface area (Å²) in [5.41, 5.74) is 0. The SMILES string of the molecule is CCCCCC/C=C\C/C=C\CCCCCCCCCC(=O)OC(CCC)CCCCCC(=O)O. The van der Waals surface area contributed by atoms with Crippen LogP contribution in [-0.4, -0.2) is 23.1 Å². The molecule has 0 aliphatic heterocycles.